The van der Waals surface area contributed by atoms with Crippen LogP contribution in [0.1, 0.15) is 43.0 Å². The largest absolute Gasteiger partial charge is 0.392 e. The average Bonchev–Trinajstić information content (AvgIpc) is 2.79. The van der Waals surface area contributed by atoms with E-state index in [4.69, 9.17) is 0 Å². The smallest absolute Gasteiger partial charge is 0.0682 e. The van der Waals surface area contributed by atoms with Crippen LogP contribution < -0.4 is 5.32 Å². The van der Waals surface area contributed by atoms with Gasteiger partial charge in [-0.15, -0.1) is 0 Å². The Morgan fingerprint density at radius 2 is 1.19 bits per heavy atom. The molecular weight excluding hydrogens is 380 g/mol. The summed E-state index contributed by atoms with van der Waals surface area (Å²) in [5.74, 6) is 0.574. The normalized spacial score (nSPS) is 13.5. The zero-order valence-corrected chi connectivity index (χ0v) is 18.8. The highest BCUT2D eigenvalue weighted by atomic mass is 16.3. The minimum Gasteiger partial charge on any atom is -0.392 e. The van der Waals surface area contributed by atoms with Crippen LogP contribution >= 0.6 is 0 Å². The highest BCUT2D eigenvalue weighted by Crippen LogP contribution is 2.29. The van der Waals surface area contributed by atoms with E-state index in [9.17, 15) is 5.11 Å². The quantitative estimate of drug-likeness (QED) is 0.413. The van der Waals surface area contributed by atoms with E-state index in [1.165, 1.54) is 16.7 Å². The second-order valence-corrected chi connectivity index (χ2v) is 8.74. The van der Waals surface area contributed by atoms with Gasteiger partial charge in [-0.1, -0.05) is 105 Å². The lowest BCUT2D eigenvalue weighted by Crippen LogP contribution is -2.35. The number of hydrogen-bond donors (Lipinski definition) is 2. The minimum atomic E-state index is -0.405. The first kappa shape index (κ1) is 23.2. The molecule has 0 saturated carbocycles. The molecular formula is C28H36N2O. The second kappa shape index (κ2) is 12.4. The van der Waals surface area contributed by atoms with Crippen molar-refractivity contribution >= 4 is 0 Å². The van der Waals surface area contributed by atoms with Crippen molar-refractivity contribution in [3.8, 4) is 0 Å². The third-order valence-corrected chi connectivity index (χ3v) is 5.51. The van der Waals surface area contributed by atoms with E-state index in [2.05, 4.69) is 115 Å². The zero-order valence-electron chi connectivity index (χ0n) is 18.8. The van der Waals surface area contributed by atoms with Crippen molar-refractivity contribution in [1.82, 2.24) is 10.2 Å². The van der Waals surface area contributed by atoms with Crippen molar-refractivity contribution in [3.63, 3.8) is 0 Å². The van der Waals surface area contributed by atoms with Gasteiger partial charge in [-0.2, -0.15) is 0 Å². The molecule has 0 fully saturated rings. The van der Waals surface area contributed by atoms with Gasteiger partial charge in [0.2, 0.25) is 0 Å². The summed E-state index contributed by atoms with van der Waals surface area (Å²) in [5, 5.41) is 14.3. The molecule has 0 unspecified atom stereocenters. The molecule has 0 radical (unpaired) electrons. The monoisotopic (exact) mass is 416 g/mol. The van der Waals surface area contributed by atoms with Gasteiger partial charge in [0.15, 0.2) is 0 Å². The molecule has 3 heteroatoms. The molecule has 3 aromatic carbocycles. The fraction of sp³-hybridized carbons (Fsp3) is 0.357. The minimum absolute atomic E-state index is 0.123. The standard InChI is InChI=1S/C28H36N2O/c1-23(2)19-29-20-27(31)18-28(26-16-10-5-11-17-26)30(21-24-12-6-3-7-13-24)22-25-14-8-4-9-15-25/h3-17,23,27-29,31H,18-22H2,1-2H3/t27-,28+/m1/s1. The van der Waals surface area contributed by atoms with E-state index in [1.807, 2.05) is 0 Å². The van der Waals surface area contributed by atoms with Crippen LogP contribution in [-0.4, -0.2) is 29.2 Å². The Morgan fingerprint density at radius 3 is 1.68 bits per heavy atom. The van der Waals surface area contributed by atoms with Crippen LogP contribution in [0, 0.1) is 5.92 Å². The molecule has 3 rings (SSSR count). The fourth-order valence-corrected chi connectivity index (χ4v) is 3.96. The number of hydrogen-bond acceptors (Lipinski definition) is 3. The second-order valence-electron chi connectivity index (χ2n) is 8.74. The van der Waals surface area contributed by atoms with Crippen LogP contribution in [0.3, 0.4) is 0 Å². The maximum absolute atomic E-state index is 10.9. The summed E-state index contributed by atoms with van der Waals surface area (Å²) in [6.45, 7) is 7.58. The Morgan fingerprint density at radius 1 is 0.710 bits per heavy atom. The lowest BCUT2D eigenvalue weighted by atomic mass is 9.97. The van der Waals surface area contributed by atoms with Gasteiger partial charge in [-0.3, -0.25) is 4.90 Å². The summed E-state index contributed by atoms with van der Waals surface area (Å²) in [5.41, 5.74) is 3.82. The van der Waals surface area contributed by atoms with Crippen LogP contribution in [0.5, 0.6) is 0 Å². The molecule has 0 amide bonds. The third kappa shape index (κ3) is 7.95. The van der Waals surface area contributed by atoms with Gasteiger partial charge in [-0.05, 0) is 35.6 Å². The fourth-order valence-electron chi connectivity index (χ4n) is 3.96. The molecule has 3 nitrogen and oxygen atoms in total. The molecule has 0 spiro atoms. The van der Waals surface area contributed by atoms with E-state index < -0.39 is 6.10 Å². The number of aliphatic hydroxyl groups excluding tert-OH is 1. The number of rotatable bonds is 12. The molecule has 0 aliphatic heterocycles. The lowest BCUT2D eigenvalue weighted by Gasteiger charge is -2.34. The first-order valence-corrected chi connectivity index (χ1v) is 11.4. The maximum atomic E-state index is 10.9. The van der Waals surface area contributed by atoms with Crippen LogP contribution in [0.25, 0.3) is 0 Å². The summed E-state index contributed by atoms with van der Waals surface area (Å²) in [7, 11) is 0. The molecule has 164 valence electrons. The van der Waals surface area contributed by atoms with Gasteiger partial charge in [0.1, 0.15) is 0 Å². The van der Waals surface area contributed by atoms with Gasteiger partial charge in [0.05, 0.1) is 6.10 Å². The summed E-state index contributed by atoms with van der Waals surface area (Å²) in [6, 6.07) is 32.0. The van der Waals surface area contributed by atoms with Gasteiger partial charge < -0.3 is 10.4 Å². The summed E-state index contributed by atoms with van der Waals surface area (Å²) >= 11 is 0. The van der Waals surface area contributed by atoms with Gasteiger partial charge in [0, 0.05) is 25.7 Å². The molecule has 0 bridgehead atoms. The maximum Gasteiger partial charge on any atom is 0.0682 e. The predicted molar refractivity (Wildman–Crippen MR) is 130 cm³/mol. The predicted octanol–water partition coefficient (Wildman–Crippen LogP) is 5.43. The van der Waals surface area contributed by atoms with Crippen molar-refractivity contribution in [2.45, 2.75) is 45.5 Å². The highest BCUT2D eigenvalue weighted by molar-refractivity contribution is 5.22. The van der Waals surface area contributed by atoms with Crippen molar-refractivity contribution < 1.29 is 5.11 Å². The number of nitrogens with one attached hydrogen (secondary N) is 1. The highest BCUT2D eigenvalue weighted by Gasteiger charge is 2.24. The Balaban J connectivity index is 1.84. The van der Waals surface area contributed by atoms with Crippen molar-refractivity contribution in [2.24, 2.45) is 5.92 Å². The molecule has 3 aromatic rings. The zero-order chi connectivity index (χ0) is 21.9. The van der Waals surface area contributed by atoms with E-state index in [1.54, 1.807) is 0 Å². The Bertz CT molecular complexity index is 810. The van der Waals surface area contributed by atoms with Crippen LogP contribution in [0.2, 0.25) is 0 Å². The lowest BCUT2D eigenvalue weighted by molar-refractivity contribution is 0.0906. The summed E-state index contributed by atoms with van der Waals surface area (Å²) in [6.07, 6.45) is 0.285. The first-order valence-electron chi connectivity index (χ1n) is 11.4. The molecule has 0 aromatic heterocycles. The van der Waals surface area contributed by atoms with E-state index in [0.29, 0.717) is 18.9 Å². The molecule has 2 N–H and O–H groups in total. The summed E-state index contributed by atoms with van der Waals surface area (Å²) < 4.78 is 0. The van der Waals surface area contributed by atoms with Crippen molar-refractivity contribution in [3.05, 3.63) is 108 Å². The Labute approximate surface area is 187 Å². The molecule has 0 saturated heterocycles. The summed E-state index contributed by atoms with van der Waals surface area (Å²) in [4.78, 5) is 2.49. The molecule has 0 aliphatic rings. The Hall–Kier alpha value is -2.46. The van der Waals surface area contributed by atoms with Gasteiger partial charge in [0.25, 0.3) is 0 Å². The molecule has 0 heterocycles. The number of nitrogens with zero attached hydrogens (tertiary/aromatic N) is 1. The van der Waals surface area contributed by atoms with Crippen LogP contribution in [0.4, 0.5) is 0 Å². The number of benzene rings is 3. The van der Waals surface area contributed by atoms with E-state index in [0.717, 1.165) is 19.6 Å². The topological polar surface area (TPSA) is 35.5 Å². The third-order valence-electron chi connectivity index (χ3n) is 5.51. The van der Waals surface area contributed by atoms with E-state index in [-0.39, 0.29) is 6.04 Å². The van der Waals surface area contributed by atoms with E-state index >= 15 is 0 Å². The van der Waals surface area contributed by atoms with Crippen LogP contribution in [0.15, 0.2) is 91.0 Å². The van der Waals surface area contributed by atoms with Crippen molar-refractivity contribution in [2.75, 3.05) is 13.1 Å². The molecule has 0 aliphatic carbocycles. The van der Waals surface area contributed by atoms with Gasteiger partial charge >= 0.3 is 0 Å². The molecule has 31 heavy (non-hydrogen) atoms. The van der Waals surface area contributed by atoms with Crippen molar-refractivity contribution in [1.29, 1.82) is 0 Å². The number of aliphatic hydroxyl groups is 1. The van der Waals surface area contributed by atoms with Crippen LogP contribution in [-0.2, 0) is 13.1 Å². The SMILES string of the molecule is CC(C)CNC[C@H](O)C[C@@H](c1ccccc1)N(Cc1ccccc1)Cc1ccccc1. The first-order chi connectivity index (χ1) is 15.1. The molecule has 2 atom stereocenters. The van der Waals surface area contributed by atoms with Gasteiger partial charge in [-0.25, -0.2) is 0 Å². The average molecular weight is 417 g/mol. The Kier molecular flexibility index (Phi) is 9.29.